The van der Waals surface area contributed by atoms with Crippen LogP contribution in [0.5, 0.6) is 0 Å². The maximum atomic E-state index is 12.1. The average molecular weight is 403 g/mol. The Morgan fingerprint density at radius 1 is 1.33 bits per heavy atom. The Bertz CT molecular complexity index is 692. The molecule has 1 heterocycles. The molecule has 0 saturated heterocycles. The Morgan fingerprint density at radius 3 is 2.50 bits per heavy atom. The van der Waals surface area contributed by atoms with Crippen molar-refractivity contribution in [3.05, 3.63) is 32.7 Å². The van der Waals surface area contributed by atoms with Crippen molar-refractivity contribution in [3.8, 4) is 0 Å². The molecule has 0 aromatic carbocycles. The minimum atomic E-state index is -1.30. The van der Waals surface area contributed by atoms with E-state index in [-0.39, 0.29) is 22.9 Å². The average Bonchev–Trinajstić information content (AvgIpc) is 2.43. The number of ketones is 1. The molecule has 0 spiro atoms. The number of aromatic nitrogens is 1. The number of hydrogen-bond acceptors (Lipinski definition) is 5. The predicted octanol–water partition coefficient (Wildman–Crippen LogP) is 2.08. The highest BCUT2D eigenvalue weighted by Gasteiger charge is 2.25. The van der Waals surface area contributed by atoms with Gasteiger partial charge in [0.15, 0.2) is 5.78 Å². The zero-order valence-corrected chi connectivity index (χ0v) is 15.1. The topological polar surface area (TPSA) is 126 Å². The van der Waals surface area contributed by atoms with Crippen molar-refractivity contribution in [3.63, 3.8) is 0 Å². The lowest BCUT2D eigenvalue weighted by molar-refractivity contribution is -0.139. The van der Waals surface area contributed by atoms with E-state index in [9.17, 15) is 19.2 Å². The van der Waals surface area contributed by atoms with Gasteiger partial charge < -0.3 is 20.1 Å². The van der Waals surface area contributed by atoms with E-state index in [4.69, 9.17) is 9.84 Å². The molecule has 0 aliphatic rings. The van der Waals surface area contributed by atoms with E-state index in [1.165, 1.54) is 12.4 Å². The Balaban J connectivity index is 2.72. The SMILES string of the molecule is CC(C)(C)OC(=O)NC(CCC(=O)c1c[nH]cc(Br)c1=O)C(=O)O. The molecule has 1 atom stereocenters. The van der Waals surface area contributed by atoms with Crippen molar-refractivity contribution < 1.29 is 24.2 Å². The molecule has 132 valence electrons. The van der Waals surface area contributed by atoms with Crippen molar-refractivity contribution in [2.24, 2.45) is 0 Å². The smallest absolute Gasteiger partial charge is 0.408 e. The molecule has 1 aromatic rings. The number of carbonyl (C=O) groups is 3. The molecule has 0 aliphatic carbocycles. The summed E-state index contributed by atoms with van der Waals surface area (Å²) in [5, 5.41) is 11.3. The number of carboxylic acid groups (broad SMARTS) is 1. The first-order valence-corrected chi connectivity index (χ1v) is 7.92. The Labute approximate surface area is 146 Å². The number of ether oxygens (including phenoxy) is 1. The van der Waals surface area contributed by atoms with Gasteiger partial charge in [0.2, 0.25) is 5.43 Å². The summed E-state index contributed by atoms with van der Waals surface area (Å²) in [6.45, 7) is 4.93. The van der Waals surface area contributed by atoms with Gasteiger partial charge in [0.05, 0.1) is 10.0 Å². The van der Waals surface area contributed by atoms with E-state index in [1.54, 1.807) is 20.8 Å². The highest BCUT2D eigenvalue weighted by Crippen LogP contribution is 2.10. The molecular formula is C15H19BrN2O6. The van der Waals surface area contributed by atoms with Crippen LogP contribution in [0.2, 0.25) is 0 Å². The molecule has 1 aromatic heterocycles. The fourth-order valence-electron chi connectivity index (χ4n) is 1.78. The van der Waals surface area contributed by atoms with Crippen LogP contribution in [0.15, 0.2) is 21.7 Å². The van der Waals surface area contributed by atoms with Gasteiger partial charge in [-0.25, -0.2) is 9.59 Å². The third-order valence-electron chi connectivity index (χ3n) is 2.85. The summed E-state index contributed by atoms with van der Waals surface area (Å²) >= 11 is 3.01. The van der Waals surface area contributed by atoms with E-state index < -0.39 is 34.9 Å². The number of aromatic amines is 1. The Hall–Kier alpha value is -2.16. The largest absolute Gasteiger partial charge is 0.480 e. The molecule has 0 radical (unpaired) electrons. The summed E-state index contributed by atoms with van der Waals surface area (Å²) < 4.78 is 5.19. The molecule has 9 heteroatoms. The number of nitrogens with one attached hydrogen (secondary N) is 2. The number of rotatable bonds is 6. The van der Waals surface area contributed by atoms with Crippen LogP contribution in [-0.2, 0) is 9.53 Å². The highest BCUT2D eigenvalue weighted by molar-refractivity contribution is 9.10. The number of aliphatic carboxylic acids is 1. The molecule has 0 aliphatic heterocycles. The second-order valence-electron chi connectivity index (χ2n) is 6.04. The quantitative estimate of drug-likeness (QED) is 0.625. The molecule has 1 rings (SSSR count). The van der Waals surface area contributed by atoms with Crippen molar-refractivity contribution >= 4 is 33.8 Å². The van der Waals surface area contributed by atoms with Gasteiger partial charge in [0.25, 0.3) is 0 Å². The maximum Gasteiger partial charge on any atom is 0.408 e. The first-order chi connectivity index (χ1) is 11.0. The number of carboxylic acids is 1. The predicted molar refractivity (Wildman–Crippen MR) is 89.1 cm³/mol. The van der Waals surface area contributed by atoms with Crippen molar-refractivity contribution in [2.45, 2.75) is 45.3 Å². The molecule has 1 unspecified atom stereocenters. The van der Waals surface area contributed by atoms with Gasteiger partial charge in [0, 0.05) is 18.8 Å². The fourth-order valence-corrected chi connectivity index (χ4v) is 2.13. The molecule has 0 bridgehead atoms. The summed E-state index contributed by atoms with van der Waals surface area (Å²) in [7, 11) is 0. The third kappa shape index (κ3) is 6.15. The zero-order chi connectivity index (χ0) is 18.5. The molecule has 8 nitrogen and oxygen atoms in total. The molecular weight excluding hydrogens is 384 g/mol. The van der Waals surface area contributed by atoms with Crippen molar-refractivity contribution in [2.75, 3.05) is 0 Å². The van der Waals surface area contributed by atoms with Crippen LogP contribution < -0.4 is 10.7 Å². The number of alkyl carbamates (subject to hydrolysis) is 1. The van der Waals surface area contributed by atoms with Crippen LogP contribution in [0.1, 0.15) is 44.0 Å². The van der Waals surface area contributed by atoms with E-state index in [0.717, 1.165) is 0 Å². The number of carbonyl (C=O) groups excluding carboxylic acids is 2. The highest BCUT2D eigenvalue weighted by atomic mass is 79.9. The van der Waals surface area contributed by atoms with E-state index in [1.807, 2.05) is 0 Å². The van der Waals surface area contributed by atoms with Gasteiger partial charge in [0.1, 0.15) is 11.6 Å². The minimum Gasteiger partial charge on any atom is -0.480 e. The third-order valence-corrected chi connectivity index (χ3v) is 3.44. The van der Waals surface area contributed by atoms with Crippen LogP contribution in [0, 0.1) is 0 Å². The summed E-state index contributed by atoms with van der Waals surface area (Å²) in [6, 6.07) is -1.30. The van der Waals surface area contributed by atoms with Crippen LogP contribution >= 0.6 is 15.9 Å². The fraction of sp³-hybridized carbons (Fsp3) is 0.467. The van der Waals surface area contributed by atoms with Crippen molar-refractivity contribution in [1.82, 2.24) is 10.3 Å². The van der Waals surface area contributed by atoms with Gasteiger partial charge in [-0.3, -0.25) is 9.59 Å². The number of halogens is 1. The first kappa shape index (κ1) is 19.9. The van der Waals surface area contributed by atoms with Gasteiger partial charge in [-0.15, -0.1) is 0 Å². The van der Waals surface area contributed by atoms with Gasteiger partial charge >= 0.3 is 12.1 Å². The van der Waals surface area contributed by atoms with Gasteiger partial charge in [-0.05, 0) is 43.1 Å². The second-order valence-corrected chi connectivity index (χ2v) is 6.90. The lowest BCUT2D eigenvalue weighted by atomic mass is 10.0. The molecule has 0 fully saturated rings. The standard InChI is InChI=1S/C15H19BrN2O6/c1-15(2,3)24-14(23)18-10(13(21)22)4-5-11(19)8-6-17-7-9(16)12(8)20/h6-7,10H,4-5H2,1-3H3,(H,17,20)(H,18,23)(H,21,22). The maximum absolute atomic E-state index is 12.1. The van der Waals surface area contributed by atoms with Crippen molar-refractivity contribution in [1.29, 1.82) is 0 Å². The van der Waals surface area contributed by atoms with E-state index in [2.05, 4.69) is 26.2 Å². The second kappa shape index (κ2) is 8.09. The number of amides is 1. The van der Waals surface area contributed by atoms with Crippen LogP contribution in [0.3, 0.4) is 0 Å². The monoisotopic (exact) mass is 402 g/mol. The van der Waals surface area contributed by atoms with Gasteiger partial charge in [-0.2, -0.15) is 0 Å². The first-order valence-electron chi connectivity index (χ1n) is 7.13. The number of Topliss-reactive ketones (excluding diaryl/α,β-unsaturated/α-hetero) is 1. The number of hydrogen-bond donors (Lipinski definition) is 3. The lowest BCUT2D eigenvalue weighted by Gasteiger charge is -2.21. The van der Waals surface area contributed by atoms with Crippen LogP contribution in [0.25, 0.3) is 0 Å². The van der Waals surface area contributed by atoms with Crippen LogP contribution in [0.4, 0.5) is 4.79 Å². The van der Waals surface area contributed by atoms with E-state index >= 15 is 0 Å². The van der Waals surface area contributed by atoms with Gasteiger partial charge in [-0.1, -0.05) is 0 Å². The normalized spacial score (nSPS) is 12.3. The summed E-state index contributed by atoms with van der Waals surface area (Å²) in [5.74, 6) is -1.81. The molecule has 1 amide bonds. The summed E-state index contributed by atoms with van der Waals surface area (Å²) in [6.07, 6.45) is 1.38. The Kier molecular flexibility index (Phi) is 6.70. The lowest BCUT2D eigenvalue weighted by Crippen LogP contribution is -2.43. The number of pyridine rings is 1. The number of H-pyrrole nitrogens is 1. The van der Waals surface area contributed by atoms with E-state index in [0.29, 0.717) is 0 Å². The summed E-state index contributed by atoms with van der Waals surface area (Å²) in [5.41, 5.74) is -1.33. The summed E-state index contributed by atoms with van der Waals surface area (Å²) in [4.78, 5) is 49.4. The molecule has 24 heavy (non-hydrogen) atoms. The Morgan fingerprint density at radius 2 is 1.96 bits per heavy atom. The molecule has 3 N–H and O–H groups in total. The zero-order valence-electron chi connectivity index (χ0n) is 13.5. The van der Waals surface area contributed by atoms with Crippen LogP contribution in [-0.4, -0.2) is 39.6 Å². The molecule has 0 saturated carbocycles. The minimum absolute atomic E-state index is 0.0780.